The number of pyridine rings is 1. The zero-order valence-corrected chi connectivity index (χ0v) is 18.2. The Bertz CT molecular complexity index is 1180. The van der Waals surface area contributed by atoms with Crippen LogP contribution in [0.2, 0.25) is 0 Å². The highest BCUT2D eigenvalue weighted by atomic mass is 32.2. The standard InChI is InChI=1S/C19H21F3N4O5S/c1-24(2)32(30,31)13-8-9-17(28)26(10-13)12-18(29)25(3)11-16(27)23-15-7-5-4-6-14(15)19(20,21)22/h4-10H,11-12H2,1-3H3,(H,23,27). The first kappa shape index (κ1) is 25.1. The predicted octanol–water partition coefficient (Wildman–Crippen LogP) is 1.21. The largest absolute Gasteiger partial charge is 0.418 e. The molecule has 174 valence electrons. The molecular formula is C19H21F3N4O5S. The fourth-order valence-electron chi connectivity index (χ4n) is 2.60. The van der Waals surface area contributed by atoms with Gasteiger partial charge in [0.1, 0.15) is 6.54 Å². The molecule has 0 bridgehead atoms. The van der Waals surface area contributed by atoms with Gasteiger partial charge in [0.2, 0.25) is 21.8 Å². The lowest BCUT2D eigenvalue weighted by molar-refractivity contribution is -0.137. The number of nitrogens with zero attached hydrogens (tertiary/aromatic N) is 3. The summed E-state index contributed by atoms with van der Waals surface area (Å²) >= 11 is 0. The summed E-state index contributed by atoms with van der Waals surface area (Å²) in [6, 6.07) is 6.49. The number of anilines is 1. The van der Waals surface area contributed by atoms with Gasteiger partial charge in [0, 0.05) is 33.4 Å². The van der Waals surface area contributed by atoms with Crippen LogP contribution in [0, 0.1) is 0 Å². The van der Waals surface area contributed by atoms with Gasteiger partial charge in [0.15, 0.2) is 0 Å². The molecule has 0 atom stereocenters. The molecule has 9 nitrogen and oxygen atoms in total. The normalized spacial score (nSPS) is 12.0. The summed E-state index contributed by atoms with van der Waals surface area (Å²) in [5, 5.41) is 2.11. The van der Waals surface area contributed by atoms with E-state index in [0.717, 1.165) is 44.2 Å². The molecule has 32 heavy (non-hydrogen) atoms. The molecule has 0 saturated carbocycles. The molecule has 0 unspecified atom stereocenters. The number of aromatic nitrogens is 1. The Kier molecular flexibility index (Phi) is 7.46. The number of hydrogen-bond acceptors (Lipinski definition) is 5. The highest BCUT2D eigenvalue weighted by Crippen LogP contribution is 2.34. The molecule has 2 amide bonds. The zero-order chi connectivity index (χ0) is 24.3. The third-order valence-electron chi connectivity index (χ3n) is 4.35. The first-order valence-corrected chi connectivity index (χ1v) is 10.5. The Morgan fingerprint density at radius 1 is 1.06 bits per heavy atom. The molecule has 0 fully saturated rings. The summed E-state index contributed by atoms with van der Waals surface area (Å²) in [4.78, 5) is 37.3. The van der Waals surface area contributed by atoms with Gasteiger partial charge < -0.3 is 14.8 Å². The van der Waals surface area contributed by atoms with Gasteiger partial charge in [-0.05, 0) is 18.2 Å². The molecule has 2 rings (SSSR count). The smallest absolute Gasteiger partial charge is 0.335 e. The van der Waals surface area contributed by atoms with Crippen molar-refractivity contribution in [2.24, 2.45) is 0 Å². The van der Waals surface area contributed by atoms with E-state index in [1.807, 2.05) is 0 Å². The lowest BCUT2D eigenvalue weighted by Crippen LogP contribution is -2.38. The van der Waals surface area contributed by atoms with Crippen molar-refractivity contribution in [2.45, 2.75) is 17.6 Å². The first-order chi connectivity index (χ1) is 14.7. The van der Waals surface area contributed by atoms with Crippen LogP contribution in [-0.2, 0) is 32.3 Å². The molecule has 1 aromatic heterocycles. The Morgan fingerprint density at radius 2 is 1.69 bits per heavy atom. The number of halogens is 3. The average molecular weight is 474 g/mol. The summed E-state index contributed by atoms with van der Waals surface area (Å²) in [7, 11) is -0.0144. The molecule has 13 heteroatoms. The van der Waals surface area contributed by atoms with Crippen LogP contribution < -0.4 is 10.9 Å². The molecule has 2 aromatic rings. The van der Waals surface area contributed by atoms with Gasteiger partial charge in [-0.1, -0.05) is 12.1 Å². The lowest BCUT2D eigenvalue weighted by atomic mass is 10.1. The maximum absolute atomic E-state index is 13.0. The Balaban J connectivity index is 2.12. The highest BCUT2D eigenvalue weighted by Gasteiger charge is 2.33. The molecule has 1 heterocycles. The van der Waals surface area contributed by atoms with Gasteiger partial charge >= 0.3 is 6.18 Å². The number of nitrogens with one attached hydrogen (secondary N) is 1. The summed E-state index contributed by atoms with van der Waals surface area (Å²) in [6.45, 7) is -1.16. The summed E-state index contributed by atoms with van der Waals surface area (Å²) in [5.41, 5.74) is -2.13. The number of carbonyl (C=O) groups excluding carboxylic acids is 2. The van der Waals surface area contributed by atoms with Crippen LogP contribution in [-0.4, -0.2) is 61.7 Å². The quantitative estimate of drug-likeness (QED) is 0.649. The number of para-hydroxylation sites is 1. The fourth-order valence-corrected chi connectivity index (χ4v) is 3.52. The van der Waals surface area contributed by atoms with E-state index in [0.29, 0.717) is 0 Å². The molecular weight excluding hydrogens is 453 g/mol. The Labute approximate surface area is 182 Å². The minimum atomic E-state index is -4.68. The van der Waals surface area contributed by atoms with Gasteiger partial charge in [-0.3, -0.25) is 14.4 Å². The van der Waals surface area contributed by atoms with E-state index in [4.69, 9.17) is 0 Å². The van der Waals surface area contributed by atoms with E-state index in [-0.39, 0.29) is 4.90 Å². The molecule has 1 N–H and O–H groups in total. The fraction of sp³-hybridized carbons (Fsp3) is 0.316. The van der Waals surface area contributed by atoms with E-state index in [2.05, 4.69) is 5.32 Å². The topological polar surface area (TPSA) is 109 Å². The van der Waals surface area contributed by atoms with Crippen molar-refractivity contribution in [3.8, 4) is 0 Å². The number of likely N-dealkylation sites (N-methyl/N-ethyl adjacent to an activating group) is 1. The second kappa shape index (κ2) is 9.53. The van der Waals surface area contributed by atoms with Gasteiger partial charge in [-0.2, -0.15) is 13.2 Å². The van der Waals surface area contributed by atoms with Gasteiger partial charge in [-0.15, -0.1) is 0 Å². The average Bonchev–Trinajstić information content (AvgIpc) is 2.68. The summed E-state index contributed by atoms with van der Waals surface area (Å²) in [5.74, 6) is -1.61. The van der Waals surface area contributed by atoms with Crippen molar-refractivity contribution in [1.82, 2.24) is 13.8 Å². The number of carbonyl (C=O) groups is 2. The summed E-state index contributed by atoms with van der Waals surface area (Å²) in [6.07, 6.45) is -3.67. The lowest BCUT2D eigenvalue weighted by Gasteiger charge is -2.19. The van der Waals surface area contributed by atoms with Crippen molar-refractivity contribution in [3.05, 3.63) is 58.5 Å². The molecule has 0 aliphatic carbocycles. The minimum Gasteiger partial charge on any atom is -0.335 e. The number of alkyl halides is 3. The maximum Gasteiger partial charge on any atom is 0.418 e. The number of amides is 2. The Hall–Kier alpha value is -3.19. The van der Waals surface area contributed by atoms with E-state index in [1.54, 1.807) is 0 Å². The van der Waals surface area contributed by atoms with Crippen LogP contribution in [0.5, 0.6) is 0 Å². The van der Waals surface area contributed by atoms with Crippen LogP contribution in [0.4, 0.5) is 18.9 Å². The van der Waals surface area contributed by atoms with Crippen LogP contribution in [0.3, 0.4) is 0 Å². The van der Waals surface area contributed by atoms with Gasteiger partial charge in [0.05, 0.1) is 22.7 Å². The van der Waals surface area contributed by atoms with E-state index >= 15 is 0 Å². The Morgan fingerprint density at radius 3 is 2.28 bits per heavy atom. The van der Waals surface area contributed by atoms with Gasteiger partial charge in [-0.25, -0.2) is 12.7 Å². The van der Waals surface area contributed by atoms with Crippen molar-refractivity contribution in [1.29, 1.82) is 0 Å². The van der Waals surface area contributed by atoms with E-state index in [9.17, 15) is 36.0 Å². The van der Waals surface area contributed by atoms with Crippen LogP contribution >= 0.6 is 0 Å². The third kappa shape index (κ3) is 5.95. The molecule has 1 aromatic carbocycles. The van der Waals surface area contributed by atoms with E-state index in [1.165, 1.54) is 33.3 Å². The third-order valence-corrected chi connectivity index (χ3v) is 6.15. The second-order valence-corrected chi connectivity index (χ2v) is 9.11. The van der Waals surface area contributed by atoms with Crippen molar-refractivity contribution in [3.63, 3.8) is 0 Å². The predicted molar refractivity (Wildman–Crippen MR) is 109 cm³/mol. The molecule has 0 radical (unpaired) electrons. The first-order valence-electron chi connectivity index (χ1n) is 9.06. The number of hydrogen-bond donors (Lipinski definition) is 1. The van der Waals surface area contributed by atoms with Crippen LogP contribution in [0.15, 0.2) is 52.3 Å². The van der Waals surface area contributed by atoms with Crippen LogP contribution in [0.25, 0.3) is 0 Å². The minimum absolute atomic E-state index is 0.209. The molecule has 0 aliphatic rings. The number of rotatable bonds is 7. The van der Waals surface area contributed by atoms with Crippen molar-refractivity contribution >= 4 is 27.5 Å². The molecule has 0 saturated heterocycles. The van der Waals surface area contributed by atoms with Crippen molar-refractivity contribution in [2.75, 3.05) is 33.0 Å². The van der Waals surface area contributed by atoms with Gasteiger partial charge in [0.25, 0.3) is 5.56 Å². The van der Waals surface area contributed by atoms with E-state index < -0.39 is 57.9 Å². The van der Waals surface area contributed by atoms with Crippen LogP contribution in [0.1, 0.15) is 5.56 Å². The zero-order valence-electron chi connectivity index (χ0n) is 17.4. The second-order valence-electron chi connectivity index (χ2n) is 6.96. The van der Waals surface area contributed by atoms with Crippen molar-refractivity contribution < 1.29 is 31.2 Å². The monoisotopic (exact) mass is 474 g/mol. The number of benzene rings is 1. The number of sulfonamides is 1. The maximum atomic E-state index is 13.0. The summed E-state index contributed by atoms with van der Waals surface area (Å²) < 4.78 is 65.4. The molecule has 0 spiro atoms. The SMILES string of the molecule is CN(CC(=O)Nc1ccccc1C(F)(F)F)C(=O)Cn1cc(S(=O)(=O)N(C)C)ccc1=O. The molecule has 0 aliphatic heterocycles. The highest BCUT2D eigenvalue weighted by molar-refractivity contribution is 7.89.